The molecular formula is C9H6F6N2O2. The number of rotatable bonds is 2. The van der Waals surface area contributed by atoms with Gasteiger partial charge in [0.25, 0.3) is 5.69 Å². The Hall–Kier alpha value is -1.84. The third-order valence-corrected chi connectivity index (χ3v) is 2.24. The zero-order valence-electron chi connectivity index (χ0n) is 8.92. The molecule has 4 nitrogen and oxygen atoms in total. The van der Waals surface area contributed by atoms with Crippen LogP contribution in [0.1, 0.15) is 17.2 Å². The largest absolute Gasteiger partial charge is 0.416 e. The van der Waals surface area contributed by atoms with E-state index < -0.39 is 40.1 Å². The lowest BCUT2D eigenvalue weighted by Crippen LogP contribution is -2.29. The van der Waals surface area contributed by atoms with Crippen molar-refractivity contribution >= 4 is 5.69 Å². The van der Waals surface area contributed by atoms with Crippen molar-refractivity contribution in [1.29, 1.82) is 0 Å². The Morgan fingerprint density at radius 1 is 1.16 bits per heavy atom. The minimum Gasteiger partial charge on any atom is -0.316 e. The van der Waals surface area contributed by atoms with E-state index in [1.54, 1.807) is 0 Å². The molecule has 0 aliphatic carbocycles. The Morgan fingerprint density at radius 3 is 2.05 bits per heavy atom. The molecule has 10 heteroatoms. The van der Waals surface area contributed by atoms with Crippen molar-refractivity contribution in [3.05, 3.63) is 39.4 Å². The van der Waals surface area contributed by atoms with Crippen LogP contribution in [0.2, 0.25) is 0 Å². The van der Waals surface area contributed by atoms with Crippen LogP contribution in [0, 0.1) is 10.1 Å². The van der Waals surface area contributed by atoms with Crippen LogP contribution in [0.15, 0.2) is 18.2 Å². The van der Waals surface area contributed by atoms with Crippen molar-refractivity contribution in [3.63, 3.8) is 0 Å². The minimum absolute atomic E-state index is 0.0287. The van der Waals surface area contributed by atoms with Gasteiger partial charge in [0.2, 0.25) is 0 Å². The maximum Gasteiger partial charge on any atom is 0.416 e. The number of hydrogen-bond acceptors (Lipinski definition) is 3. The summed E-state index contributed by atoms with van der Waals surface area (Å²) in [7, 11) is 0. The highest BCUT2D eigenvalue weighted by atomic mass is 19.4. The highest BCUT2D eigenvalue weighted by Gasteiger charge is 2.42. The maximum atomic E-state index is 12.3. The summed E-state index contributed by atoms with van der Waals surface area (Å²) >= 11 is 0. The van der Waals surface area contributed by atoms with E-state index in [1.165, 1.54) is 0 Å². The number of nitro benzene ring substituents is 1. The summed E-state index contributed by atoms with van der Waals surface area (Å²) in [6.07, 6.45) is -9.89. The molecule has 19 heavy (non-hydrogen) atoms. The summed E-state index contributed by atoms with van der Waals surface area (Å²) in [6, 6.07) is -2.02. The maximum absolute atomic E-state index is 12.3. The molecule has 1 rings (SSSR count). The lowest BCUT2D eigenvalue weighted by Gasteiger charge is -2.16. The number of nitrogens with zero attached hydrogens (tertiary/aromatic N) is 1. The lowest BCUT2D eigenvalue weighted by atomic mass is 10.0. The van der Waals surface area contributed by atoms with Gasteiger partial charge in [0.05, 0.1) is 16.1 Å². The van der Waals surface area contributed by atoms with Crippen molar-refractivity contribution < 1.29 is 31.3 Å². The fraction of sp³-hybridized carbons (Fsp3) is 0.333. The van der Waals surface area contributed by atoms with Gasteiger partial charge >= 0.3 is 12.4 Å². The van der Waals surface area contributed by atoms with Crippen molar-refractivity contribution in [2.24, 2.45) is 5.73 Å². The normalized spacial score (nSPS) is 14.3. The van der Waals surface area contributed by atoms with E-state index in [-0.39, 0.29) is 6.07 Å². The molecule has 0 unspecified atom stereocenters. The first kappa shape index (κ1) is 15.2. The molecule has 0 bridgehead atoms. The molecule has 0 fully saturated rings. The fourth-order valence-electron chi connectivity index (χ4n) is 1.32. The fourth-order valence-corrected chi connectivity index (χ4v) is 1.32. The average molecular weight is 288 g/mol. The Balaban J connectivity index is 3.39. The summed E-state index contributed by atoms with van der Waals surface area (Å²) in [5.74, 6) is 0. The number of halogens is 6. The zero-order chi connectivity index (χ0) is 15.0. The average Bonchev–Trinajstić information content (AvgIpc) is 2.24. The summed E-state index contributed by atoms with van der Waals surface area (Å²) in [5, 5.41) is 10.5. The van der Waals surface area contributed by atoms with Gasteiger partial charge in [-0.3, -0.25) is 10.1 Å². The molecule has 0 spiro atoms. The first-order chi connectivity index (χ1) is 8.44. The Morgan fingerprint density at radius 2 is 1.68 bits per heavy atom. The zero-order valence-corrected chi connectivity index (χ0v) is 8.92. The van der Waals surface area contributed by atoms with Crippen LogP contribution >= 0.6 is 0 Å². The van der Waals surface area contributed by atoms with Gasteiger partial charge in [-0.1, -0.05) is 0 Å². The van der Waals surface area contributed by atoms with E-state index in [1.807, 2.05) is 0 Å². The summed E-state index contributed by atoms with van der Waals surface area (Å²) < 4.78 is 74.0. The van der Waals surface area contributed by atoms with Crippen molar-refractivity contribution in [2.75, 3.05) is 0 Å². The van der Waals surface area contributed by atoms with E-state index in [4.69, 9.17) is 5.73 Å². The Kier molecular flexibility index (Phi) is 3.75. The molecular weight excluding hydrogens is 282 g/mol. The second kappa shape index (κ2) is 4.68. The molecule has 2 N–H and O–H groups in total. The van der Waals surface area contributed by atoms with Crippen LogP contribution in [0.3, 0.4) is 0 Å². The van der Waals surface area contributed by atoms with Crippen molar-refractivity contribution in [1.82, 2.24) is 0 Å². The predicted molar refractivity (Wildman–Crippen MR) is 51.1 cm³/mol. The molecule has 0 aromatic heterocycles. The lowest BCUT2D eigenvalue weighted by molar-refractivity contribution is -0.386. The highest BCUT2D eigenvalue weighted by molar-refractivity contribution is 5.46. The third kappa shape index (κ3) is 3.34. The van der Waals surface area contributed by atoms with Gasteiger partial charge in [-0.15, -0.1) is 0 Å². The van der Waals surface area contributed by atoms with Gasteiger partial charge in [-0.2, -0.15) is 26.3 Å². The van der Waals surface area contributed by atoms with Crippen LogP contribution in [-0.2, 0) is 6.18 Å². The number of benzene rings is 1. The van der Waals surface area contributed by atoms with E-state index >= 15 is 0 Å². The molecule has 0 radical (unpaired) electrons. The summed E-state index contributed by atoms with van der Waals surface area (Å²) in [5.41, 5.74) is 0.997. The Bertz CT molecular complexity index is 496. The van der Waals surface area contributed by atoms with Gasteiger partial charge in [-0.05, 0) is 12.1 Å². The van der Waals surface area contributed by atoms with Crippen molar-refractivity contribution in [2.45, 2.75) is 18.4 Å². The topological polar surface area (TPSA) is 69.2 Å². The first-order valence-electron chi connectivity index (χ1n) is 4.62. The van der Waals surface area contributed by atoms with E-state index in [0.29, 0.717) is 12.1 Å². The van der Waals surface area contributed by atoms with Gasteiger partial charge in [0.1, 0.15) is 6.04 Å². The van der Waals surface area contributed by atoms with Gasteiger partial charge in [-0.25, -0.2) is 0 Å². The molecule has 0 aliphatic rings. The standard InChI is InChI=1S/C9H6F6N2O2/c10-8(11,12)4-1-2-5(6(3-4)17(18)19)7(16)9(13,14)15/h1-3,7H,16H2/t7-/m0/s1. The summed E-state index contributed by atoms with van der Waals surface area (Å²) in [6.45, 7) is 0. The number of hydrogen-bond donors (Lipinski definition) is 1. The van der Waals surface area contributed by atoms with E-state index in [0.717, 1.165) is 0 Å². The first-order valence-corrected chi connectivity index (χ1v) is 4.62. The molecule has 106 valence electrons. The van der Waals surface area contributed by atoms with Gasteiger partial charge in [0, 0.05) is 6.07 Å². The van der Waals surface area contributed by atoms with Crippen LogP contribution in [0.25, 0.3) is 0 Å². The number of nitro groups is 1. The SMILES string of the molecule is N[C@@H](c1ccc(C(F)(F)F)cc1[N+](=O)[O-])C(F)(F)F. The molecule has 0 saturated heterocycles. The predicted octanol–water partition coefficient (Wildman–Crippen LogP) is 3.18. The van der Waals surface area contributed by atoms with Crippen LogP contribution < -0.4 is 5.73 Å². The minimum atomic E-state index is -5.00. The third-order valence-electron chi connectivity index (χ3n) is 2.24. The smallest absolute Gasteiger partial charge is 0.316 e. The molecule has 0 amide bonds. The molecule has 1 atom stereocenters. The quantitative estimate of drug-likeness (QED) is 0.516. The Labute approximate surface area is 102 Å². The van der Waals surface area contributed by atoms with Gasteiger partial charge < -0.3 is 5.73 Å². The second-order valence-corrected chi connectivity index (χ2v) is 3.55. The molecule has 1 aromatic rings. The van der Waals surface area contributed by atoms with Crippen LogP contribution in [0.4, 0.5) is 32.0 Å². The van der Waals surface area contributed by atoms with E-state index in [2.05, 4.69) is 0 Å². The number of alkyl halides is 6. The second-order valence-electron chi connectivity index (χ2n) is 3.55. The van der Waals surface area contributed by atoms with E-state index in [9.17, 15) is 36.5 Å². The molecule has 1 aromatic carbocycles. The number of nitrogens with two attached hydrogens (primary N) is 1. The molecule has 0 heterocycles. The molecule has 0 saturated carbocycles. The van der Waals surface area contributed by atoms with Gasteiger partial charge in [0.15, 0.2) is 0 Å². The highest BCUT2D eigenvalue weighted by Crippen LogP contribution is 2.38. The molecule has 0 aliphatic heterocycles. The van der Waals surface area contributed by atoms with Crippen LogP contribution in [-0.4, -0.2) is 11.1 Å². The van der Waals surface area contributed by atoms with Crippen molar-refractivity contribution in [3.8, 4) is 0 Å². The summed E-state index contributed by atoms with van der Waals surface area (Å²) in [4.78, 5) is 9.21. The monoisotopic (exact) mass is 288 g/mol. The van der Waals surface area contributed by atoms with Crippen LogP contribution in [0.5, 0.6) is 0 Å².